The summed E-state index contributed by atoms with van der Waals surface area (Å²) in [5, 5.41) is 8.87. The lowest BCUT2D eigenvalue weighted by Crippen LogP contribution is -2.33. The third kappa shape index (κ3) is 5.00. The van der Waals surface area contributed by atoms with Gasteiger partial charge >= 0.3 is 6.03 Å². The Morgan fingerprint density at radius 1 is 1.11 bits per heavy atom. The molecule has 0 aliphatic rings. The second-order valence-electron chi connectivity index (χ2n) is 6.24. The summed E-state index contributed by atoms with van der Waals surface area (Å²) in [6.07, 6.45) is 3.86. The van der Waals surface area contributed by atoms with E-state index in [-0.39, 0.29) is 6.03 Å². The van der Waals surface area contributed by atoms with E-state index in [2.05, 4.69) is 25.9 Å². The molecule has 0 atom stereocenters. The van der Waals surface area contributed by atoms with E-state index in [4.69, 9.17) is 4.74 Å². The van der Waals surface area contributed by atoms with Crippen molar-refractivity contribution in [2.75, 3.05) is 30.8 Å². The van der Waals surface area contributed by atoms with Gasteiger partial charge in [0, 0.05) is 37.2 Å². The molecule has 0 fully saturated rings. The highest BCUT2D eigenvalue weighted by atomic mass is 16.5. The highest BCUT2D eigenvalue weighted by molar-refractivity contribution is 5.90. The van der Waals surface area contributed by atoms with Crippen LogP contribution >= 0.6 is 0 Å². The van der Waals surface area contributed by atoms with Crippen LogP contribution in [-0.4, -0.2) is 40.8 Å². The van der Waals surface area contributed by atoms with E-state index in [1.54, 1.807) is 7.11 Å². The first-order chi connectivity index (χ1) is 13.5. The van der Waals surface area contributed by atoms with E-state index in [1.807, 2.05) is 67.2 Å². The van der Waals surface area contributed by atoms with E-state index >= 15 is 0 Å². The van der Waals surface area contributed by atoms with Crippen LogP contribution in [0.4, 0.5) is 16.3 Å². The molecular weight excluding hydrogens is 356 g/mol. The molecule has 2 amide bonds. The van der Waals surface area contributed by atoms with E-state index in [1.165, 1.54) is 0 Å². The lowest BCUT2D eigenvalue weighted by molar-refractivity contribution is 0.252. The standard InChI is InChI=1S/C20H24N6O2/c1-14-12-16(28-3)6-7-17(14)25-20(27)22-9-8-21-18-13-19(24-15(2)23-18)26-10-4-5-11-26/h4-7,10-13H,8-9H2,1-3H3,(H,21,23,24)(H2,22,25,27). The Morgan fingerprint density at radius 2 is 1.89 bits per heavy atom. The summed E-state index contributed by atoms with van der Waals surface area (Å²) in [5.74, 6) is 2.94. The number of carbonyl (C=O) groups excluding carboxylic acids is 1. The fraction of sp³-hybridized carbons (Fsp3) is 0.250. The largest absolute Gasteiger partial charge is 0.497 e. The van der Waals surface area contributed by atoms with Crippen LogP contribution in [0.3, 0.4) is 0 Å². The van der Waals surface area contributed by atoms with Gasteiger partial charge in [-0.1, -0.05) is 0 Å². The molecule has 2 aromatic heterocycles. The van der Waals surface area contributed by atoms with Crippen LogP contribution in [0, 0.1) is 13.8 Å². The van der Waals surface area contributed by atoms with Gasteiger partial charge in [-0.3, -0.25) is 0 Å². The van der Waals surface area contributed by atoms with Crippen molar-refractivity contribution in [1.82, 2.24) is 19.9 Å². The molecule has 3 aromatic rings. The van der Waals surface area contributed by atoms with E-state index in [0.29, 0.717) is 24.7 Å². The zero-order valence-corrected chi connectivity index (χ0v) is 16.2. The number of ether oxygens (including phenoxy) is 1. The molecule has 3 rings (SSSR count). The quantitative estimate of drug-likeness (QED) is 0.548. The molecule has 0 saturated heterocycles. The van der Waals surface area contributed by atoms with Crippen molar-refractivity contribution in [2.45, 2.75) is 13.8 Å². The topological polar surface area (TPSA) is 93.1 Å². The molecule has 8 nitrogen and oxygen atoms in total. The van der Waals surface area contributed by atoms with Crippen molar-refractivity contribution in [2.24, 2.45) is 0 Å². The minimum absolute atomic E-state index is 0.262. The van der Waals surface area contributed by atoms with Gasteiger partial charge in [-0.15, -0.1) is 0 Å². The molecule has 0 saturated carbocycles. The van der Waals surface area contributed by atoms with Gasteiger partial charge in [-0.05, 0) is 49.7 Å². The first kappa shape index (κ1) is 19.2. The molecule has 146 valence electrons. The van der Waals surface area contributed by atoms with Gasteiger partial charge in [0.15, 0.2) is 0 Å². The van der Waals surface area contributed by atoms with Crippen LogP contribution in [0.5, 0.6) is 5.75 Å². The number of benzene rings is 1. The SMILES string of the molecule is COc1ccc(NC(=O)NCCNc2cc(-n3cccc3)nc(C)n2)c(C)c1. The number of methoxy groups -OCH3 is 1. The summed E-state index contributed by atoms with van der Waals surface area (Å²) in [6.45, 7) is 4.75. The van der Waals surface area contributed by atoms with Crippen molar-refractivity contribution in [3.05, 3.63) is 60.2 Å². The third-order valence-corrected chi connectivity index (χ3v) is 4.09. The molecule has 0 bridgehead atoms. The van der Waals surface area contributed by atoms with Crippen molar-refractivity contribution < 1.29 is 9.53 Å². The Kier molecular flexibility index (Phi) is 6.11. The maximum Gasteiger partial charge on any atom is 0.319 e. The van der Waals surface area contributed by atoms with Gasteiger partial charge in [0.1, 0.15) is 23.2 Å². The summed E-state index contributed by atoms with van der Waals surface area (Å²) in [7, 11) is 1.61. The van der Waals surface area contributed by atoms with Crippen molar-refractivity contribution >= 4 is 17.5 Å². The normalized spacial score (nSPS) is 10.4. The predicted molar refractivity (Wildman–Crippen MR) is 109 cm³/mol. The number of nitrogens with one attached hydrogen (secondary N) is 3. The summed E-state index contributed by atoms with van der Waals surface area (Å²) >= 11 is 0. The zero-order valence-electron chi connectivity index (χ0n) is 16.2. The smallest absolute Gasteiger partial charge is 0.319 e. The van der Waals surface area contributed by atoms with Gasteiger partial charge in [-0.2, -0.15) is 0 Å². The maximum absolute atomic E-state index is 12.1. The van der Waals surface area contributed by atoms with Crippen molar-refractivity contribution in [3.8, 4) is 11.6 Å². The molecule has 0 spiro atoms. The van der Waals surface area contributed by atoms with Crippen LogP contribution in [0.15, 0.2) is 48.8 Å². The first-order valence-corrected chi connectivity index (χ1v) is 8.97. The number of anilines is 2. The second-order valence-corrected chi connectivity index (χ2v) is 6.24. The first-order valence-electron chi connectivity index (χ1n) is 8.97. The molecule has 1 aromatic carbocycles. The number of aryl methyl sites for hydroxylation is 2. The highest BCUT2D eigenvalue weighted by Gasteiger charge is 2.06. The number of urea groups is 1. The molecule has 3 N–H and O–H groups in total. The van der Waals surface area contributed by atoms with Gasteiger partial charge in [0.2, 0.25) is 0 Å². The summed E-state index contributed by atoms with van der Waals surface area (Å²) in [4.78, 5) is 20.9. The number of hydrogen-bond acceptors (Lipinski definition) is 5. The van der Waals surface area contributed by atoms with Gasteiger partial charge in [-0.25, -0.2) is 14.8 Å². The average molecular weight is 380 g/mol. The Balaban J connectivity index is 1.49. The molecule has 0 radical (unpaired) electrons. The number of hydrogen-bond donors (Lipinski definition) is 3. The minimum atomic E-state index is -0.262. The fourth-order valence-electron chi connectivity index (χ4n) is 2.70. The number of nitrogens with zero attached hydrogens (tertiary/aromatic N) is 3. The van der Waals surface area contributed by atoms with E-state index in [0.717, 1.165) is 22.8 Å². The molecular formula is C20H24N6O2. The average Bonchev–Trinajstić information content (AvgIpc) is 3.21. The number of aromatic nitrogens is 3. The summed E-state index contributed by atoms with van der Waals surface area (Å²) < 4.78 is 7.09. The van der Waals surface area contributed by atoms with Crippen LogP contribution in [0.25, 0.3) is 5.82 Å². The molecule has 0 unspecified atom stereocenters. The molecule has 0 aliphatic heterocycles. The van der Waals surface area contributed by atoms with Crippen LogP contribution in [0.2, 0.25) is 0 Å². The van der Waals surface area contributed by atoms with Crippen LogP contribution in [-0.2, 0) is 0 Å². The number of amides is 2. The van der Waals surface area contributed by atoms with Crippen molar-refractivity contribution in [1.29, 1.82) is 0 Å². The lowest BCUT2D eigenvalue weighted by Gasteiger charge is -2.12. The Morgan fingerprint density at radius 3 is 2.61 bits per heavy atom. The fourth-order valence-corrected chi connectivity index (χ4v) is 2.70. The van der Waals surface area contributed by atoms with Crippen LogP contribution < -0.4 is 20.7 Å². The van der Waals surface area contributed by atoms with Crippen molar-refractivity contribution in [3.63, 3.8) is 0 Å². The Bertz CT molecular complexity index is 940. The van der Waals surface area contributed by atoms with Gasteiger partial charge < -0.3 is 25.3 Å². The van der Waals surface area contributed by atoms with Crippen LogP contribution in [0.1, 0.15) is 11.4 Å². The third-order valence-electron chi connectivity index (χ3n) is 4.09. The number of carbonyl (C=O) groups is 1. The number of rotatable bonds is 7. The maximum atomic E-state index is 12.1. The predicted octanol–water partition coefficient (Wildman–Crippen LogP) is 3.13. The molecule has 2 heterocycles. The highest BCUT2D eigenvalue weighted by Crippen LogP contribution is 2.20. The monoisotopic (exact) mass is 380 g/mol. The lowest BCUT2D eigenvalue weighted by atomic mass is 10.2. The van der Waals surface area contributed by atoms with Gasteiger partial charge in [0.25, 0.3) is 0 Å². The Hall–Kier alpha value is -3.55. The molecule has 0 aliphatic carbocycles. The molecule has 8 heteroatoms. The minimum Gasteiger partial charge on any atom is -0.497 e. The molecule has 28 heavy (non-hydrogen) atoms. The Labute approximate surface area is 164 Å². The zero-order chi connectivity index (χ0) is 19.9. The summed E-state index contributed by atoms with van der Waals surface area (Å²) in [6, 6.07) is 11.0. The van der Waals surface area contributed by atoms with E-state index in [9.17, 15) is 4.79 Å². The van der Waals surface area contributed by atoms with Gasteiger partial charge in [0.05, 0.1) is 7.11 Å². The second kappa shape index (κ2) is 8.90. The summed E-state index contributed by atoms with van der Waals surface area (Å²) in [5.41, 5.74) is 1.68. The van der Waals surface area contributed by atoms with E-state index < -0.39 is 0 Å².